The monoisotopic (exact) mass is 357 g/mol. The molecule has 2 heterocycles. The maximum atomic E-state index is 12.4. The summed E-state index contributed by atoms with van der Waals surface area (Å²) in [6.45, 7) is 5.24. The van der Waals surface area contributed by atoms with E-state index in [9.17, 15) is 4.79 Å². The SMILES string of the molecule is CCOc1ccc(C(=O)CSc2nnc(-c3ccco3)n2CC)cc1. The highest BCUT2D eigenvalue weighted by Gasteiger charge is 2.16. The summed E-state index contributed by atoms with van der Waals surface area (Å²) >= 11 is 1.37. The molecule has 1 aromatic carbocycles. The predicted octanol–water partition coefficient (Wildman–Crippen LogP) is 3.93. The van der Waals surface area contributed by atoms with Crippen LogP contribution in [0.3, 0.4) is 0 Å². The number of hydrogen-bond donors (Lipinski definition) is 0. The zero-order chi connectivity index (χ0) is 17.6. The number of furan rings is 1. The average Bonchev–Trinajstić information content (AvgIpc) is 3.29. The fourth-order valence-corrected chi connectivity index (χ4v) is 3.28. The Labute approximate surface area is 150 Å². The van der Waals surface area contributed by atoms with E-state index in [4.69, 9.17) is 9.15 Å². The van der Waals surface area contributed by atoms with Gasteiger partial charge in [-0.25, -0.2) is 0 Å². The summed E-state index contributed by atoms with van der Waals surface area (Å²) in [5, 5.41) is 9.08. The molecule has 0 amide bonds. The van der Waals surface area contributed by atoms with Crippen LogP contribution >= 0.6 is 11.8 Å². The Balaban J connectivity index is 1.68. The molecule has 3 aromatic rings. The Kier molecular flexibility index (Phi) is 5.55. The topological polar surface area (TPSA) is 70.2 Å². The molecular formula is C18H19N3O3S. The lowest BCUT2D eigenvalue weighted by molar-refractivity contribution is 0.102. The van der Waals surface area contributed by atoms with E-state index in [0.717, 1.165) is 5.75 Å². The fourth-order valence-electron chi connectivity index (χ4n) is 2.39. The number of ether oxygens (including phenoxy) is 1. The van der Waals surface area contributed by atoms with Crippen molar-refractivity contribution in [1.29, 1.82) is 0 Å². The highest BCUT2D eigenvalue weighted by Crippen LogP contribution is 2.25. The smallest absolute Gasteiger partial charge is 0.200 e. The van der Waals surface area contributed by atoms with Crippen LogP contribution in [0.2, 0.25) is 0 Å². The van der Waals surface area contributed by atoms with E-state index in [1.54, 1.807) is 18.4 Å². The van der Waals surface area contributed by atoms with Gasteiger partial charge in [0.05, 0.1) is 18.6 Å². The number of thioether (sulfide) groups is 1. The van der Waals surface area contributed by atoms with E-state index < -0.39 is 0 Å². The zero-order valence-corrected chi connectivity index (χ0v) is 15.0. The first-order valence-corrected chi connectivity index (χ1v) is 9.07. The summed E-state index contributed by atoms with van der Waals surface area (Å²) < 4.78 is 12.7. The largest absolute Gasteiger partial charge is 0.494 e. The molecule has 3 rings (SSSR count). The third-order valence-corrected chi connectivity index (χ3v) is 4.56. The third-order valence-electron chi connectivity index (χ3n) is 3.59. The fraction of sp³-hybridized carbons (Fsp3) is 0.278. The van der Waals surface area contributed by atoms with Gasteiger partial charge in [-0.2, -0.15) is 0 Å². The van der Waals surface area contributed by atoms with Gasteiger partial charge in [-0.15, -0.1) is 10.2 Å². The summed E-state index contributed by atoms with van der Waals surface area (Å²) in [5.41, 5.74) is 0.657. The molecule has 0 bridgehead atoms. The lowest BCUT2D eigenvalue weighted by atomic mass is 10.1. The van der Waals surface area contributed by atoms with Gasteiger partial charge in [-0.3, -0.25) is 9.36 Å². The van der Waals surface area contributed by atoms with Crippen LogP contribution in [0.4, 0.5) is 0 Å². The van der Waals surface area contributed by atoms with Gasteiger partial charge in [0.1, 0.15) is 5.75 Å². The Hall–Kier alpha value is -2.54. The summed E-state index contributed by atoms with van der Waals surface area (Å²) in [7, 11) is 0. The van der Waals surface area contributed by atoms with Crippen LogP contribution in [0.1, 0.15) is 24.2 Å². The van der Waals surface area contributed by atoms with E-state index in [0.29, 0.717) is 41.2 Å². The van der Waals surface area contributed by atoms with Crippen molar-refractivity contribution in [3.05, 3.63) is 48.2 Å². The molecule has 0 saturated heterocycles. The molecule has 130 valence electrons. The van der Waals surface area contributed by atoms with Gasteiger partial charge in [0.2, 0.25) is 0 Å². The summed E-state index contributed by atoms with van der Waals surface area (Å²) in [6, 6.07) is 10.8. The van der Waals surface area contributed by atoms with Crippen LogP contribution in [0, 0.1) is 0 Å². The molecule has 0 aliphatic carbocycles. The van der Waals surface area contributed by atoms with Crippen molar-refractivity contribution in [2.75, 3.05) is 12.4 Å². The Morgan fingerprint density at radius 1 is 1.20 bits per heavy atom. The predicted molar refractivity (Wildman–Crippen MR) is 96.1 cm³/mol. The zero-order valence-electron chi connectivity index (χ0n) is 14.1. The molecule has 0 aliphatic heterocycles. The highest BCUT2D eigenvalue weighted by atomic mass is 32.2. The van der Waals surface area contributed by atoms with E-state index in [2.05, 4.69) is 10.2 Å². The van der Waals surface area contributed by atoms with Gasteiger partial charge in [0, 0.05) is 12.1 Å². The minimum atomic E-state index is 0.0400. The number of ketones is 1. The normalized spacial score (nSPS) is 10.8. The van der Waals surface area contributed by atoms with Crippen molar-refractivity contribution in [2.24, 2.45) is 0 Å². The van der Waals surface area contributed by atoms with Crippen LogP contribution in [0.25, 0.3) is 11.6 Å². The number of hydrogen-bond acceptors (Lipinski definition) is 6. The summed E-state index contributed by atoms with van der Waals surface area (Å²) in [5.74, 6) is 2.44. The van der Waals surface area contributed by atoms with Crippen LogP contribution in [0.15, 0.2) is 52.2 Å². The van der Waals surface area contributed by atoms with Gasteiger partial charge in [-0.05, 0) is 50.2 Å². The first kappa shape index (κ1) is 17.3. The van der Waals surface area contributed by atoms with E-state index in [1.165, 1.54) is 11.8 Å². The third kappa shape index (κ3) is 3.93. The molecule has 7 heteroatoms. The molecule has 0 atom stereocenters. The van der Waals surface area contributed by atoms with Crippen LogP contribution in [0.5, 0.6) is 5.75 Å². The van der Waals surface area contributed by atoms with Crippen LogP contribution < -0.4 is 4.74 Å². The first-order chi connectivity index (χ1) is 12.2. The second kappa shape index (κ2) is 8.02. The standard InChI is InChI=1S/C18H19N3O3S/c1-3-21-17(16-6-5-11-24-16)19-20-18(21)25-12-15(22)13-7-9-14(10-8-13)23-4-2/h5-11H,3-4,12H2,1-2H3. The molecule has 0 unspecified atom stereocenters. The van der Waals surface area contributed by atoms with Gasteiger partial charge in [-0.1, -0.05) is 11.8 Å². The van der Waals surface area contributed by atoms with E-state index >= 15 is 0 Å². The average molecular weight is 357 g/mol. The molecule has 2 aromatic heterocycles. The molecule has 6 nitrogen and oxygen atoms in total. The first-order valence-electron chi connectivity index (χ1n) is 8.08. The quantitative estimate of drug-likeness (QED) is 0.449. The number of carbonyl (C=O) groups is 1. The van der Waals surface area contributed by atoms with E-state index in [1.807, 2.05) is 42.7 Å². The van der Waals surface area contributed by atoms with E-state index in [-0.39, 0.29) is 5.78 Å². The minimum Gasteiger partial charge on any atom is -0.494 e. The summed E-state index contributed by atoms with van der Waals surface area (Å²) in [6.07, 6.45) is 1.60. The van der Waals surface area contributed by atoms with Gasteiger partial charge < -0.3 is 9.15 Å². The van der Waals surface area contributed by atoms with Crippen molar-refractivity contribution in [1.82, 2.24) is 14.8 Å². The number of carbonyl (C=O) groups excluding carboxylic acids is 1. The molecule has 0 radical (unpaired) electrons. The number of aromatic nitrogens is 3. The number of rotatable bonds is 8. The van der Waals surface area contributed by atoms with Gasteiger partial charge in [0.15, 0.2) is 22.5 Å². The Bertz CT molecular complexity index is 826. The van der Waals surface area contributed by atoms with Crippen molar-refractivity contribution >= 4 is 17.5 Å². The minimum absolute atomic E-state index is 0.0400. The molecule has 25 heavy (non-hydrogen) atoms. The summed E-state index contributed by atoms with van der Waals surface area (Å²) in [4.78, 5) is 12.4. The van der Waals surface area contributed by atoms with Crippen molar-refractivity contribution in [3.63, 3.8) is 0 Å². The maximum absolute atomic E-state index is 12.4. The maximum Gasteiger partial charge on any atom is 0.200 e. The molecule has 0 N–H and O–H groups in total. The number of nitrogens with zero attached hydrogens (tertiary/aromatic N) is 3. The van der Waals surface area contributed by atoms with Crippen molar-refractivity contribution in [2.45, 2.75) is 25.5 Å². The lowest BCUT2D eigenvalue weighted by Gasteiger charge is -2.06. The number of Topliss-reactive ketones (excluding diaryl/α,β-unsaturated/α-hetero) is 1. The van der Waals surface area contributed by atoms with Crippen LogP contribution in [-0.2, 0) is 6.54 Å². The molecule has 0 saturated carbocycles. The Morgan fingerprint density at radius 3 is 2.64 bits per heavy atom. The second-order valence-corrected chi connectivity index (χ2v) is 6.14. The molecule has 0 aliphatic rings. The molecular weight excluding hydrogens is 338 g/mol. The number of benzene rings is 1. The lowest BCUT2D eigenvalue weighted by Crippen LogP contribution is -2.05. The Morgan fingerprint density at radius 2 is 2.00 bits per heavy atom. The second-order valence-electron chi connectivity index (χ2n) is 5.20. The molecule has 0 spiro atoms. The van der Waals surface area contributed by atoms with Crippen molar-refractivity contribution < 1.29 is 13.9 Å². The van der Waals surface area contributed by atoms with Crippen LogP contribution in [-0.4, -0.2) is 32.9 Å². The highest BCUT2D eigenvalue weighted by molar-refractivity contribution is 7.99. The van der Waals surface area contributed by atoms with Gasteiger partial charge >= 0.3 is 0 Å². The van der Waals surface area contributed by atoms with Crippen molar-refractivity contribution in [3.8, 4) is 17.3 Å². The van der Waals surface area contributed by atoms with Gasteiger partial charge in [0.25, 0.3) is 0 Å². The molecule has 0 fully saturated rings.